The van der Waals surface area contributed by atoms with E-state index in [1.165, 1.54) is 11.3 Å². The third-order valence-corrected chi connectivity index (χ3v) is 2.57. The Morgan fingerprint density at radius 3 is 2.50 bits per heavy atom. The number of amidine groups is 1. The van der Waals surface area contributed by atoms with Crippen LogP contribution in [-0.4, -0.2) is 10.8 Å². The Bertz CT molecular complexity index is 301. The summed E-state index contributed by atoms with van der Waals surface area (Å²) in [6.07, 6.45) is 0. The maximum absolute atomic E-state index is 7.33. The molecular weight excluding hydrogens is 170 g/mol. The van der Waals surface area contributed by atoms with Crippen LogP contribution in [-0.2, 0) is 0 Å². The first-order chi connectivity index (χ1) is 5.52. The van der Waals surface area contributed by atoms with Crippen molar-refractivity contribution in [3.63, 3.8) is 0 Å². The van der Waals surface area contributed by atoms with Crippen molar-refractivity contribution in [1.29, 1.82) is 5.41 Å². The molecule has 12 heavy (non-hydrogen) atoms. The fraction of sp³-hybridized carbons (Fsp3) is 0.500. The summed E-state index contributed by atoms with van der Waals surface area (Å²) in [5.74, 6) is 0.471. The lowest BCUT2D eigenvalue weighted by molar-refractivity contribution is 0.826. The second-order valence-electron chi connectivity index (χ2n) is 3.02. The van der Waals surface area contributed by atoms with E-state index in [1.807, 2.05) is 6.92 Å². The van der Waals surface area contributed by atoms with E-state index in [1.54, 1.807) is 0 Å². The molecule has 1 aromatic rings. The number of thiazole rings is 1. The zero-order valence-electron chi connectivity index (χ0n) is 7.51. The number of hydrogen-bond acceptors (Lipinski definition) is 3. The summed E-state index contributed by atoms with van der Waals surface area (Å²) in [4.78, 5) is 5.15. The minimum atomic E-state index is 0.129. The van der Waals surface area contributed by atoms with Gasteiger partial charge in [-0.05, 0) is 12.8 Å². The van der Waals surface area contributed by atoms with E-state index in [2.05, 4.69) is 18.8 Å². The van der Waals surface area contributed by atoms with Gasteiger partial charge in [-0.3, -0.25) is 5.41 Å². The molecule has 1 rings (SSSR count). The number of rotatable bonds is 2. The molecule has 0 aliphatic carbocycles. The average molecular weight is 183 g/mol. The highest BCUT2D eigenvalue weighted by atomic mass is 32.1. The summed E-state index contributed by atoms with van der Waals surface area (Å²) < 4.78 is 0. The van der Waals surface area contributed by atoms with Gasteiger partial charge in [0.15, 0.2) is 0 Å². The smallest absolute Gasteiger partial charge is 0.135 e. The maximum atomic E-state index is 7.33. The first-order valence-corrected chi connectivity index (χ1v) is 4.65. The zero-order chi connectivity index (χ0) is 9.30. The van der Waals surface area contributed by atoms with Gasteiger partial charge >= 0.3 is 0 Å². The molecule has 0 atom stereocenters. The van der Waals surface area contributed by atoms with Gasteiger partial charge < -0.3 is 5.73 Å². The summed E-state index contributed by atoms with van der Waals surface area (Å²) in [6, 6.07) is 0. The zero-order valence-corrected chi connectivity index (χ0v) is 8.33. The summed E-state index contributed by atoms with van der Waals surface area (Å²) in [6.45, 7) is 6.05. The molecule has 0 radical (unpaired) electrons. The third-order valence-electron chi connectivity index (χ3n) is 1.55. The van der Waals surface area contributed by atoms with Gasteiger partial charge in [-0.1, -0.05) is 13.8 Å². The van der Waals surface area contributed by atoms with Crippen molar-refractivity contribution in [1.82, 2.24) is 4.98 Å². The molecule has 0 bridgehead atoms. The second kappa shape index (κ2) is 3.23. The van der Waals surface area contributed by atoms with Crippen molar-refractivity contribution in [2.45, 2.75) is 26.7 Å². The molecule has 0 aromatic carbocycles. The fourth-order valence-electron chi connectivity index (χ4n) is 1.03. The molecule has 3 nitrogen and oxygen atoms in total. The Balaban J connectivity index is 3.17. The fourth-order valence-corrected chi connectivity index (χ4v) is 1.96. The van der Waals surface area contributed by atoms with E-state index in [0.717, 1.165) is 15.6 Å². The van der Waals surface area contributed by atoms with Crippen LogP contribution in [0.25, 0.3) is 0 Å². The Morgan fingerprint density at radius 1 is 1.58 bits per heavy atom. The summed E-state index contributed by atoms with van der Waals surface area (Å²) >= 11 is 1.49. The van der Waals surface area contributed by atoms with Crippen LogP contribution < -0.4 is 5.73 Å². The Morgan fingerprint density at radius 2 is 2.17 bits per heavy atom. The van der Waals surface area contributed by atoms with Gasteiger partial charge in [0, 0.05) is 0 Å². The monoisotopic (exact) mass is 183 g/mol. The van der Waals surface area contributed by atoms with Crippen LogP contribution in [0.4, 0.5) is 0 Å². The number of aryl methyl sites for hydroxylation is 1. The Kier molecular flexibility index (Phi) is 2.47. The van der Waals surface area contributed by atoms with Gasteiger partial charge in [0.1, 0.15) is 5.84 Å². The molecule has 1 heterocycles. The van der Waals surface area contributed by atoms with Crippen LogP contribution in [0.15, 0.2) is 0 Å². The predicted octanol–water partition coefficient (Wildman–Crippen LogP) is 1.86. The number of nitrogen functional groups attached to an aromatic ring is 1. The molecule has 0 aliphatic heterocycles. The van der Waals surface area contributed by atoms with Crippen LogP contribution >= 0.6 is 11.3 Å². The highest BCUT2D eigenvalue weighted by Crippen LogP contribution is 2.23. The van der Waals surface area contributed by atoms with Gasteiger partial charge in [-0.15, -0.1) is 11.3 Å². The number of aromatic nitrogens is 1. The van der Waals surface area contributed by atoms with Crippen molar-refractivity contribution in [2.75, 3.05) is 0 Å². The molecule has 0 aliphatic rings. The number of nitrogens with one attached hydrogen (secondary N) is 1. The minimum absolute atomic E-state index is 0.129. The van der Waals surface area contributed by atoms with E-state index < -0.39 is 0 Å². The summed E-state index contributed by atoms with van der Waals surface area (Å²) in [7, 11) is 0. The standard InChI is InChI=1S/C8H13N3S/c1-4(2)6-7(8(9)10)12-5(3)11-6/h4H,1-3H3,(H3,9,10). The van der Waals surface area contributed by atoms with Crippen LogP contribution in [0.5, 0.6) is 0 Å². The van der Waals surface area contributed by atoms with Gasteiger partial charge in [0.25, 0.3) is 0 Å². The molecule has 66 valence electrons. The Hall–Kier alpha value is -0.900. The topological polar surface area (TPSA) is 62.8 Å². The molecule has 0 saturated heterocycles. The number of nitrogens with zero attached hydrogens (tertiary/aromatic N) is 1. The van der Waals surface area contributed by atoms with Crippen molar-refractivity contribution in [3.8, 4) is 0 Å². The molecule has 0 saturated carbocycles. The molecule has 1 aromatic heterocycles. The largest absolute Gasteiger partial charge is 0.383 e. The number of nitrogens with two attached hydrogens (primary N) is 1. The second-order valence-corrected chi connectivity index (χ2v) is 4.22. The van der Waals surface area contributed by atoms with E-state index in [4.69, 9.17) is 11.1 Å². The van der Waals surface area contributed by atoms with E-state index in [9.17, 15) is 0 Å². The normalized spacial score (nSPS) is 10.7. The first-order valence-electron chi connectivity index (χ1n) is 3.84. The molecule has 3 N–H and O–H groups in total. The highest BCUT2D eigenvalue weighted by molar-refractivity contribution is 7.13. The van der Waals surface area contributed by atoms with E-state index in [0.29, 0.717) is 5.92 Å². The van der Waals surface area contributed by atoms with E-state index in [-0.39, 0.29) is 5.84 Å². The van der Waals surface area contributed by atoms with Gasteiger partial charge in [-0.2, -0.15) is 0 Å². The highest BCUT2D eigenvalue weighted by Gasteiger charge is 2.13. The van der Waals surface area contributed by atoms with E-state index >= 15 is 0 Å². The summed E-state index contributed by atoms with van der Waals surface area (Å²) in [5, 5.41) is 8.31. The lowest BCUT2D eigenvalue weighted by atomic mass is 10.1. The molecule has 0 fully saturated rings. The van der Waals surface area contributed by atoms with Crippen LogP contribution in [0.3, 0.4) is 0 Å². The van der Waals surface area contributed by atoms with Crippen LogP contribution in [0, 0.1) is 12.3 Å². The SMILES string of the molecule is Cc1nc(C(C)C)c(C(=N)N)s1. The maximum Gasteiger partial charge on any atom is 0.135 e. The van der Waals surface area contributed by atoms with Crippen molar-refractivity contribution in [3.05, 3.63) is 15.6 Å². The minimum Gasteiger partial charge on any atom is -0.383 e. The van der Waals surface area contributed by atoms with Crippen molar-refractivity contribution < 1.29 is 0 Å². The Labute approximate surface area is 76.1 Å². The molecular formula is C8H13N3S. The van der Waals surface area contributed by atoms with Gasteiger partial charge in [0.2, 0.25) is 0 Å². The lowest BCUT2D eigenvalue weighted by Crippen LogP contribution is -2.12. The third kappa shape index (κ3) is 1.64. The molecule has 4 heteroatoms. The molecule has 0 amide bonds. The van der Waals surface area contributed by atoms with Crippen molar-refractivity contribution in [2.24, 2.45) is 5.73 Å². The quantitative estimate of drug-likeness (QED) is 0.543. The predicted molar refractivity (Wildman–Crippen MR) is 52.0 cm³/mol. The van der Waals surface area contributed by atoms with Crippen LogP contribution in [0.2, 0.25) is 0 Å². The van der Waals surface area contributed by atoms with Crippen molar-refractivity contribution >= 4 is 17.2 Å². The summed E-state index contributed by atoms with van der Waals surface area (Å²) in [5.41, 5.74) is 6.37. The van der Waals surface area contributed by atoms with Gasteiger partial charge in [0.05, 0.1) is 15.6 Å². The molecule has 0 spiro atoms. The first kappa shape index (κ1) is 9.19. The lowest BCUT2D eigenvalue weighted by Gasteiger charge is -2.02. The van der Waals surface area contributed by atoms with Gasteiger partial charge in [-0.25, -0.2) is 4.98 Å². The van der Waals surface area contributed by atoms with Crippen LogP contribution in [0.1, 0.15) is 35.3 Å². The molecule has 0 unspecified atom stereocenters. The number of hydrogen-bond donors (Lipinski definition) is 2. The average Bonchev–Trinajstić information content (AvgIpc) is 2.31.